The zero-order valence-corrected chi connectivity index (χ0v) is 41.7. The second-order valence-electron chi connectivity index (χ2n) is 19.3. The van der Waals surface area contributed by atoms with E-state index < -0.39 is 36.0 Å². The van der Waals surface area contributed by atoms with Gasteiger partial charge in [0.2, 0.25) is 17.7 Å². The second kappa shape index (κ2) is 26.1. The molecule has 0 spiro atoms. The first-order chi connectivity index (χ1) is 30.3. The summed E-state index contributed by atoms with van der Waals surface area (Å²) in [5.74, 6) is -2.19. The first-order valence-electron chi connectivity index (χ1n) is 23.8. The molecule has 10 atom stereocenters. The molecule has 2 aromatic rings. The van der Waals surface area contributed by atoms with E-state index in [2.05, 4.69) is 38.3 Å². The van der Waals surface area contributed by atoms with Crippen LogP contribution in [0.5, 0.6) is 0 Å². The number of hydrogen-bond donors (Lipinski definition) is 2. The molecular weight excluding hydrogens is 807 g/mol. The zero-order valence-electron chi connectivity index (χ0n) is 41.7. The molecule has 358 valence electrons. The Morgan fingerprint density at radius 1 is 0.766 bits per heavy atom. The number of benzene rings is 2. The molecular formula is C52H83N5O7. The number of Topliss-reactive ketones (excluding diaryl/α,β-unsaturated/α-hetero) is 2. The number of carbonyl (C=O) groups is 5. The summed E-state index contributed by atoms with van der Waals surface area (Å²) in [4.78, 5) is 76.5. The monoisotopic (exact) mass is 890 g/mol. The highest BCUT2D eigenvalue weighted by Crippen LogP contribution is 2.32. The van der Waals surface area contributed by atoms with Crippen molar-refractivity contribution in [1.29, 1.82) is 0 Å². The summed E-state index contributed by atoms with van der Waals surface area (Å²) in [5, 5.41) is 6.40. The summed E-state index contributed by atoms with van der Waals surface area (Å²) in [6.07, 6.45) is 2.29. The average Bonchev–Trinajstić information content (AvgIpc) is 3.74. The van der Waals surface area contributed by atoms with Gasteiger partial charge in [-0.3, -0.25) is 28.9 Å². The van der Waals surface area contributed by atoms with Gasteiger partial charge in [-0.1, -0.05) is 91.6 Å². The molecule has 1 aliphatic rings. The number of anilines is 2. The Bertz CT molecular complexity index is 1760. The van der Waals surface area contributed by atoms with E-state index in [9.17, 15) is 24.0 Å². The fourth-order valence-corrected chi connectivity index (χ4v) is 9.82. The number of hydrogen-bond acceptors (Lipinski definition) is 9. The Hall–Kier alpha value is -4.13. The van der Waals surface area contributed by atoms with Gasteiger partial charge in [-0.2, -0.15) is 0 Å². The molecule has 12 heteroatoms. The molecule has 3 rings (SSSR count). The Labute approximate surface area is 385 Å². The smallest absolute Gasteiger partial charge is 0.228 e. The topological polar surface area (TPSA) is 138 Å². The molecule has 0 unspecified atom stereocenters. The largest absolute Gasteiger partial charge is 0.383 e. The number of methoxy groups -OCH3 is 2. The standard InChI is InChI=1S/C52H83N5O7/c1-15-35(7)42(31-45(59)48(33(3)4)55(10)11)52(62)56(12)49(36(8)16-2)46(63-13)32-47(60)57-28-20-23-43(57)50(64-14)37(9)44(58)30-39(29-38-21-18-17-19-22-38)51(61)54-41-26-24-40(25-27-41)53-34(5)6/h17-19,21-22,24-27,33-37,39,42-43,46,48-50,53H,15-16,20,23,28-32H2,1-14H3,(H,54,61)/t35-,36-,37-,39+,42-,43-,46+,48-,49-,50+/m0/s1. The highest BCUT2D eigenvalue weighted by atomic mass is 16.5. The summed E-state index contributed by atoms with van der Waals surface area (Å²) in [7, 11) is 8.78. The number of carbonyl (C=O) groups excluding carboxylic acids is 5. The van der Waals surface area contributed by atoms with E-state index in [0.717, 1.165) is 30.5 Å². The van der Waals surface area contributed by atoms with Crippen LogP contribution in [0.25, 0.3) is 0 Å². The molecule has 0 radical (unpaired) electrons. The molecule has 0 aliphatic carbocycles. The Morgan fingerprint density at radius 3 is 1.91 bits per heavy atom. The van der Waals surface area contributed by atoms with Gasteiger partial charge in [-0.15, -0.1) is 0 Å². The van der Waals surface area contributed by atoms with E-state index in [4.69, 9.17) is 9.47 Å². The van der Waals surface area contributed by atoms with Crippen molar-refractivity contribution in [3.8, 4) is 0 Å². The zero-order chi connectivity index (χ0) is 47.8. The van der Waals surface area contributed by atoms with Crippen LogP contribution in [0, 0.1) is 35.5 Å². The van der Waals surface area contributed by atoms with Crippen molar-refractivity contribution in [3.63, 3.8) is 0 Å². The van der Waals surface area contributed by atoms with Crippen molar-refractivity contribution < 1.29 is 33.4 Å². The van der Waals surface area contributed by atoms with Crippen LogP contribution in [-0.2, 0) is 39.9 Å². The van der Waals surface area contributed by atoms with E-state index >= 15 is 0 Å². The minimum atomic E-state index is -0.632. The lowest BCUT2D eigenvalue weighted by Crippen LogP contribution is -2.54. The molecule has 1 heterocycles. The fraction of sp³-hybridized carbons (Fsp3) is 0.673. The lowest BCUT2D eigenvalue weighted by molar-refractivity contribution is -0.149. The Kier molecular flexibility index (Phi) is 22.1. The summed E-state index contributed by atoms with van der Waals surface area (Å²) < 4.78 is 12.2. The van der Waals surface area contributed by atoms with E-state index in [0.29, 0.717) is 25.1 Å². The van der Waals surface area contributed by atoms with Crippen LogP contribution in [0.4, 0.5) is 11.4 Å². The van der Waals surface area contributed by atoms with Crippen molar-refractivity contribution in [1.82, 2.24) is 14.7 Å². The maximum absolute atomic E-state index is 14.6. The third-order valence-corrected chi connectivity index (χ3v) is 13.7. The van der Waals surface area contributed by atoms with Gasteiger partial charge >= 0.3 is 0 Å². The number of likely N-dealkylation sites (tertiary alicyclic amines) is 1. The first-order valence-corrected chi connectivity index (χ1v) is 23.8. The van der Waals surface area contributed by atoms with Gasteiger partial charge in [-0.25, -0.2) is 0 Å². The van der Waals surface area contributed by atoms with E-state index in [1.54, 1.807) is 26.2 Å². The summed E-state index contributed by atoms with van der Waals surface area (Å²) in [6, 6.07) is 16.5. The summed E-state index contributed by atoms with van der Waals surface area (Å²) in [6.45, 7) is 18.8. The van der Waals surface area contributed by atoms with Crippen molar-refractivity contribution in [2.24, 2.45) is 35.5 Å². The van der Waals surface area contributed by atoms with Crippen molar-refractivity contribution in [2.75, 3.05) is 52.5 Å². The third kappa shape index (κ3) is 15.0. The molecule has 0 bridgehead atoms. The fourth-order valence-electron chi connectivity index (χ4n) is 9.82. The van der Waals surface area contributed by atoms with Gasteiger partial charge in [0.1, 0.15) is 5.78 Å². The number of rotatable bonds is 27. The van der Waals surface area contributed by atoms with Gasteiger partial charge in [0.15, 0.2) is 5.78 Å². The van der Waals surface area contributed by atoms with Crippen molar-refractivity contribution >= 4 is 40.7 Å². The number of amides is 3. The number of nitrogens with one attached hydrogen (secondary N) is 2. The number of likely N-dealkylation sites (N-methyl/N-ethyl adjacent to an activating group) is 2. The predicted octanol–water partition coefficient (Wildman–Crippen LogP) is 8.39. The highest BCUT2D eigenvalue weighted by molar-refractivity contribution is 5.96. The van der Waals surface area contributed by atoms with Gasteiger partial charge < -0.3 is 29.9 Å². The van der Waals surface area contributed by atoms with E-state index in [1.807, 2.05) is 113 Å². The van der Waals surface area contributed by atoms with Crippen LogP contribution >= 0.6 is 0 Å². The molecule has 64 heavy (non-hydrogen) atoms. The van der Waals surface area contributed by atoms with Crippen LogP contribution in [0.2, 0.25) is 0 Å². The molecule has 1 saturated heterocycles. The molecule has 2 N–H and O–H groups in total. The Morgan fingerprint density at radius 2 is 1.38 bits per heavy atom. The minimum Gasteiger partial charge on any atom is -0.383 e. The van der Waals surface area contributed by atoms with Crippen LogP contribution in [-0.4, -0.2) is 122 Å². The second-order valence-corrected chi connectivity index (χ2v) is 19.3. The van der Waals surface area contributed by atoms with E-state index in [1.165, 1.54) is 0 Å². The van der Waals surface area contributed by atoms with Crippen molar-refractivity contribution in [2.45, 2.75) is 150 Å². The number of ketones is 2. The lowest BCUT2D eigenvalue weighted by Gasteiger charge is -2.41. The molecule has 1 aliphatic heterocycles. The number of nitrogens with zero attached hydrogens (tertiary/aromatic N) is 3. The molecule has 1 fully saturated rings. The summed E-state index contributed by atoms with van der Waals surface area (Å²) >= 11 is 0. The molecule has 2 aromatic carbocycles. The Balaban J connectivity index is 1.82. The third-order valence-electron chi connectivity index (χ3n) is 13.7. The van der Waals surface area contributed by atoms with Crippen LogP contribution < -0.4 is 10.6 Å². The average molecular weight is 890 g/mol. The minimum absolute atomic E-state index is 0.00816. The highest BCUT2D eigenvalue weighted by Gasteiger charge is 2.43. The van der Waals surface area contributed by atoms with Crippen LogP contribution in [0.1, 0.15) is 113 Å². The van der Waals surface area contributed by atoms with E-state index in [-0.39, 0.29) is 84.4 Å². The van der Waals surface area contributed by atoms with Crippen LogP contribution in [0.3, 0.4) is 0 Å². The number of ether oxygens (including phenoxy) is 2. The molecule has 3 amide bonds. The maximum Gasteiger partial charge on any atom is 0.228 e. The van der Waals surface area contributed by atoms with Gasteiger partial charge in [0.25, 0.3) is 0 Å². The quantitative estimate of drug-likeness (QED) is 0.0907. The van der Waals surface area contributed by atoms with Crippen molar-refractivity contribution in [3.05, 3.63) is 60.2 Å². The molecule has 0 aromatic heterocycles. The predicted molar refractivity (Wildman–Crippen MR) is 258 cm³/mol. The van der Waals surface area contributed by atoms with Gasteiger partial charge in [-0.05, 0) is 94.8 Å². The van der Waals surface area contributed by atoms with Gasteiger partial charge in [0, 0.05) is 75.8 Å². The normalized spacial score (nSPS) is 18.5. The van der Waals surface area contributed by atoms with Gasteiger partial charge in [0.05, 0.1) is 36.8 Å². The first kappa shape index (κ1) is 54.2. The summed E-state index contributed by atoms with van der Waals surface area (Å²) in [5.41, 5.74) is 2.56. The lowest BCUT2D eigenvalue weighted by atomic mass is 9.82. The molecule has 12 nitrogen and oxygen atoms in total. The maximum atomic E-state index is 14.6. The van der Waals surface area contributed by atoms with Crippen LogP contribution in [0.15, 0.2) is 54.6 Å². The SMILES string of the molecule is CC[C@H](C)[C@@H]([C@@H](CC(=O)N1CCC[C@H]1[C@H](OC)[C@@H](C)C(=O)C[C@@H](Cc1ccccc1)C(=O)Nc1ccc(NC(C)C)cc1)OC)N(C)C(=O)[C@@H](CC(=O)[C@H](C(C)C)N(C)C)[C@@H](C)CC. The molecule has 0 saturated carbocycles.